The maximum atomic E-state index is 13.0. The predicted molar refractivity (Wildman–Crippen MR) is 129 cm³/mol. The van der Waals surface area contributed by atoms with Crippen LogP contribution in [0.25, 0.3) is 20.4 Å². The van der Waals surface area contributed by atoms with Gasteiger partial charge in [0.1, 0.15) is 5.75 Å². The molecule has 4 aromatic rings. The van der Waals surface area contributed by atoms with Crippen molar-refractivity contribution in [2.24, 2.45) is 5.92 Å². The summed E-state index contributed by atoms with van der Waals surface area (Å²) in [6.45, 7) is 6.30. The number of carbonyl (C=O) groups excluding carboxylic acids is 1. The zero-order valence-corrected chi connectivity index (χ0v) is 19.2. The van der Waals surface area contributed by atoms with Crippen LogP contribution in [-0.4, -0.2) is 35.6 Å². The van der Waals surface area contributed by atoms with Gasteiger partial charge in [-0.25, -0.2) is 9.97 Å². The van der Waals surface area contributed by atoms with Crippen molar-refractivity contribution in [2.45, 2.75) is 26.7 Å². The Morgan fingerprint density at radius 2 is 1.97 bits per heavy atom. The van der Waals surface area contributed by atoms with E-state index in [0.29, 0.717) is 18.3 Å². The van der Waals surface area contributed by atoms with E-state index >= 15 is 0 Å². The Kier molecular flexibility index (Phi) is 5.50. The number of piperidine rings is 1. The van der Waals surface area contributed by atoms with Crippen molar-refractivity contribution in [1.29, 1.82) is 0 Å². The van der Waals surface area contributed by atoms with Crippen LogP contribution in [0.5, 0.6) is 5.75 Å². The monoisotopic (exact) mass is 452 g/mol. The van der Waals surface area contributed by atoms with E-state index in [0.717, 1.165) is 46.0 Å². The van der Waals surface area contributed by atoms with E-state index in [-0.39, 0.29) is 11.8 Å². The summed E-state index contributed by atoms with van der Waals surface area (Å²) >= 11 is 3.19. The lowest BCUT2D eigenvalue weighted by molar-refractivity contribution is -0.120. The normalized spacial score (nSPS) is 16.7. The summed E-state index contributed by atoms with van der Waals surface area (Å²) in [6.07, 6.45) is 1.86. The average molecular weight is 453 g/mol. The first-order valence-corrected chi connectivity index (χ1v) is 12.2. The quantitative estimate of drug-likeness (QED) is 0.435. The van der Waals surface area contributed by atoms with Crippen LogP contribution in [0.1, 0.15) is 25.3 Å². The van der Waals surface area contributed by atoms with E-state index in [9.17, 15) is 4.79 Å². The Hall–Kier alpha value is -2.71. The van der Waals surface area contributed by atoms with Gasteiger partial charge in [-0.3, -0.25) is 4.79 Å². The molecule has 1 N–H and O–H groups in total. The molecule has 1 saturated heterocycles. The van der Waals surface area contributed by atoms with Gasteiger partial charge < -0.3 is 15.0 Å². The largest absolute Gasteiger partial charge is 0.494 e. The molecular formula is C23H24N4O2S2. The molecule has 1 fully saturated rings. The first kappa shape index (κ1) is 20.2. The highest BCUT2D eigenvalue weighted by Crippen LogP contribution is 2.33. The predicted octanol–water partition coefficient (Wildman–Crippen LogP) is 5.47. The molecule has 0 radical (unpaired) electrons. The lowest BCUT2D eigenvalue weighted by Crippen LogP contribution is -2.40. The lowest BCUT2D eigenvalue weighted by Gasteiger charge is -2.31. The van der Waals surface area contributed by atoms with Crippen molar-refractivity contribution in [3.05, 3.63) is 42.0 Å². The molecule has 160 valence electrons. The van der Waals surface area contributed by atoms with Gasteiger partial charge in [0.15, 0.2) is 10.3 Å². The third-order valence-electron chi connectivity index (χ3n) is 5.50. The third kappa shape index (κ3) is 4.22. The Balaban J connectivity index is 1.29. The maximum Gasteiger partial charge on any atom is 0.231 e. The van der Waals surface area contributed by atoms with Crippen LogP contribution in [0, 0.1) is 12.8 Å². The number of hydrogen-bond donors (Lipinski definition) is 1. The van der Waals surface area contributed by atoms with E-state index in [2.05, 4.69) is 40.3 Å². The molecule has 6 nitrogen and oxygen atoms in total. The van der Waals surface area contributed by atoms with Crippen molar-refractivity contribution in [3.8, 4) is 5.75 Å². The summed E-state index contributed by atoms with van der Waals surface area (Å²) in [7, 11) is 0. The van der Waals surface area contributed by atoms with Crippen LogP contribution in [0.4, 0.5) is 10.3 Å². The molecule has 5 rings (SSSR count). The number of thiazole rings is 2. The number of fused-ring (bicyclic) bond motifs is 2. The van der Waals surface area contributed by atoms with Crippen molar-refractivity contribution >= 4 is 59.3 Å². The smallest absolute Gasteiger partial charge is 0.231 e. The van der Waals surface area contributed by atoms with Gasteiger partial charge in [-0.05, 0) is 62.6 Å². The van der Waals surface area contributed by atoms with Crippen LogP contribution < -0.4 is 15.0 Å². The van der Waals surface area contributed by atoms with Gasteiger partial charge in [-0.1, -0.05) is 28.7 Å². The Bertz CT molecular complexity index is 1250. The first-order valence-electron chi connectivity index (χ1n) is 10.6. The third-order valence-corrected chi connectivity index (χ3v) is 7.51. The molecule has 0 saturated carbocycles. The second-order valence-electron chi connectivity index (χ2n) is 7.82. The number of anilines is 2. The fourth-order valence-corrected chi connectivity index (χ4v) is 5.94. The SMILES string of the molecule is CCOc1ccc2nc(NC(=O)C3CCCN(c4nc5ccc(C)cc5s4)C3)sc2c1. The number of nitrogens with one attached hydrogen (secondary N) is 1. The highest BCUT2D eigenvalue weighted by Gasteiger charge is 2.28. The number of aryl methyl sites for hydroxylation is 1. The van der Waals surface area contributed by atoms with E-state index in [1.165, 1.54) is 21.6 Å². The molecule has 2 aromatic carbocycles. The van der Waals surface area contributed by atoms with Gasteiger partial charge in [0.05, 0.1) is 33.0 Å². The first-order chi connectivity index (χ1) is 15.1. The number of nitrogens with zero attached hydrogens (tertiary/aromatic N) is 3. The van der Waals surface area contributed by atoms with Crippen molar-refractivity contribution in [1.82, 2.24) is 9.97 Å². The number of rotatable bonds is 5. The molecule has 1 unspecified atom stereocenters. The number of ether oxygens (including phenoxy) is 1. The molecule has 1 aliphatic rings. The van der Waals surface area contributed by atoms with Gasteiger partial charge in [-0.15, -0.1) is 0 Å². The summed E-state index contributed by atoms with van der Waals surface area (Å²) in [4.78, 5) is 24.6. The Labute approximate surface area is 188 Å². The Morgan fingerprint density at radius 3 is 2.84 bits per heavy atom. The summed E-state index contributed by atoms with van der Waals surface area (Å²) in [5.41, 5.74) is 3.14. The van der Waals surface area contributed by atoms with Gasteiger partial charge in [0.2, 0.25) is 5.91 Å². The molecule has 0 spiro atoms. The van der Waals surface area contributed by atoms with Crippen LogP contribution in [0.3, 0.4) is 0 Å². The minimum absolute atomic E-state index is 0.0331. The molecule has 2 aromatic heterocycles. The van der Waals surface area contributed by atoms with E-state index in [1.54, 1.807) is 11.3 Å². The second-order valence-corrected chi connectivity index (χ2v) is 9.86. The van der Waals surface area contributed by atoms with Gasteiger partial charge >= 0.3 is 0 Å². The molecule has 1 aliphatic heterocycles. The molecule has 1 amide bonds. The Morgan fingerprint density at radius 1 is 1.16 bits per heavy atom. The average Bonchev–Trinajstić information content (AvgIpc) is 3.36. The minimum atomic E-state index is -0.0755. The number of aromatic nitrogens is 2. The number of benzene rings is 2. The van der Waals surface area contributed by atoms with Gasteiger partial charge in [0, 0.05) is 13.1 Å². The van der Waals surface area contributed by atoms with E-state index in [1.807, 2.05) is 25.1 Å². The van der Waals surface area contributed by atoms with Gasteiger partial charge in [-0.2, -0.15) is 0 Å². The zero-order valence-electron chi connectivity index (χ0n) is 17.6. The molecule has 3 heterocycles. The summed E-state index contributed by atoms with van der Waals surface area (Å²) in [5.74, 6) is 0.782. The second kappa shape index (κ2) is 8.43. The summed E-state index contributed by atoms with van der Waals surface area (Å²) in [6, 6.07) is 12.2. The number of hydrogen-bond acceptors (Lipinski definition) is 7. The van der Waals surface area contributed by atoms with Crippen LogP contribution in [0.2, 0.25) is 0 Å². The molecule has 0 bridgehead atoms. The molecule has 1 atom stereocenters. The van der Waals surface area contributed by atoms with Crippen LogP contribution >= 0.6 is 22.7 Å². The topological polar surface area (TPSA) is 67.3 Å². The van der Waals surface area contributed by atoms with Crippen LogP contribution in [0.15, 0.2) is 36.4 Å². The standard InChI is InChI=1S/C23H24N4O2S2/c1-3-29-16-7-9-17-20(12-16)30-22(24-17)26-21(28)15-5-4-10-27(13-15)23-25-18-8-6-14(2)11-19(18)31-23/h6-9,11-12,15H,3-5,10,13H2,1-2H3,(H,24,26,28). The molecular weight excluding hydrogens is 428 g/mol. The molecule has 8 heteroatoms. The highest BCUT2D eigenvalue weighted by molar-refractivity contribution is 7.22. The number of carbonyl (C=O) groups is 1. The highest BCUT2D eigenvalue weighted by atomic mass is 32.1. The maximum absolute atomic E-state index is 13.0. The van der Waals surface area contributed by atoms with Gasteiger partial charge in [0.25, 0.3) is 0 Å². The molecule has 31 heavy (non-hydrogen) atoms. The molecule has 0 aliphatic carbocycles. The fourth-order valence-electron chi connectivity index (χ4n) is 3.94. The fraction of sp³-hybridized carbons (Fsp3) is 0.348. The van der Waals surface area contributed by atoms with Crippen molar-refractivity contribution < 1.29 is 9.53 Å². The van der Waals surface area contributed by atoms with E-state index < -0.39 is 0 Å². The summed E-state index contributed by atoms with van der Waals surface area (Å²) in [5, 5.41) is 4.68. The summed E-state index contributed by atoms with van der Waals surface area (Å²) < 4.78 is 7.77. The minimum Gasteiger partial charge on any atom is -0.494 e. The van der Waals surface area contributed by atoms with Crippen molar-refractivity contribution in [2.75, 3.05) is 29.9 Å². The van der Waals surface area contributed by atoms with Crippen molar-refractivity contribution in [3.63, 3.8) is 0 Å². The van der Waals surface area contributed by atoms with Crippen LogP contribution in [-0.2, 0) is 4.79 Å². The lowest BCUT2D eigenvalue weighted by atomic mass is 9.97. The number of amides is 1. The van der Waals surface area contributed by atoms with E-state index in [4.69, 9.17) is 9.72 Å². The zero-order chi connectivity index (χ0) is 21.4.